The van der Waals surface area contributed by atoms with Crippen LogP contribution in [0.4, 0.5) is 5.69 Å². The lowest BCUT2D eigenvalue weighted by Gasteiger charge is -2.11. The highest BCUT2D eigenvalue weighted by atomic mass is 16.3. The molecular weight excluding hydrogens is 266 g/mol. The number of nitrogens with one attached hydrogen (secondary N) is 1. The van der Waals surface area contributed by atoms with Crippen molar-refractivity contribution in [2.24, 2.45) is 0 Å². The zero-order valence-corrected chi connectivity index (χ0v) is 11.7. The molecule has 0 aromatic heterocycles. The number of aliphatic hydroxyl groups excluding tert-OH is 1. The minimum atomic E-state index is -1.36. The highest BCUT2D eigenvalue weighted by Gasteiger charge is 2.19. The summed E-state index contributed by atoms with van der Waals surface area (Å²) in [4.78, 5) is 23.8. The van der Waals surface area contributed by atoms with E-state index in [4.69, 9.17) is 0 Å². The Labute approximate surface area is 123 Å². The minimum absolute atomic E-state index is 0.234. The zero-order valence-electron chi connectivity index (χ0n) is 11.7. The Kier molecular flexibility index (Phi) is 4.85. The molecule has 4 nitrogen and oxygen atoms in total. The van der Waals surface area contributed by atoms with Gasteiger partial charge in [0.2, 0.25) is 0 Å². The fraction of sp³-hybridized carbons (Fsp3) is 0.176. The topological polar surface area (TPSA) is 66.4 Å². The van der Waals surface area contributed by atoms with Crippen LogP contribution in [0.3, 0.4) is 0 Å². The number of ketones is 1. The maximum Gasteiger partial charge on any atom is 0.253 e. The van der Waals surface area contributed by atoms with Gasteiger partial charge in [-0.15, -0.1) is 0 Å². The predicted octanol–water partition coefficient (Wildman–Crippen LogP) is 2.57. The number of hydrogen-bond acceptors (Lipinski definition) is 3. The Morgan fingerprint density at radius 3 is 2.29 bits per heavy atom. The second kappa shape index (κ2) is 6.81. The van der Waals surface area contributed by atoms with Crippen LogP contribution in [0.1, 0.15) is 22.3 Å². The van der Waals surface area contributed by atoms with Crippen molar-refractivity contribution in [1.82, 2.24) is 0 Å². The number of aryl methyl sites for hydroxylation is 1. The molecule has 0 spiro atoms. The molecule has 2 aromatic rings. The van der Waals surface area contributed by atoms with Gasteiger partial charge < -0.3 is 10.4 Å². The maximum absolute atomic E-state index is 11.9. The molecule has 0 saturated heterocycles. The van der Waals surface area contributed by atoms with Crippen molar-refractivity contribution in [2.75, 3.05) is 5.32 Å². The summed E-state index contributed by atoms with van der Waals surface area (Å²) in [5, 5.41) is 12.4. The van der Waals surface area contributed by atoms with Crippen molar-refractivity contribution in [3.63, 3.8) is 0 Å². The molecule has 0 radical (unpaired) electrons. The fourth-order valence-corrected chi connectivity index (χ4v) is 1.87. The van der Waals surface area contributed by atoms with Gasteiger partial charge in [0.15, 0.2) is 5.78 Å². The molecule has 4 heteroatoms. The van der Waals surface area contributed by atoms with Crippen LogP contribution in [0.25, 0.3) is 0 Å². The first-order valence-corrected chi connectivity index (χ1v) is 6.70. The molecule has 0 bridgehead atoms. The van der Waals surface area contributed by atoms with Gasteiger partial charge in [-0.3, -0.25) is 9.59 Å². The average Bonchev–Trinajstić information content (AvgIpc) is 2.50. The van der Waals surface area contributed by atoms with Crippen LogP contribution in [0.2, 0.25) is 0 Å². The van der Waals surface area contributed by atoms with Gasteiger partial charge in [-0.05, 0) is 19.1 Å². The molecule has 0 unspecified atom stereocenters. The molecule has 0 aliphatic carbocycles. The van der Waals surface area contributed by atoms with Crippen molar-refractivity contribution in [3.05, 3.63) is 65.7 Å². The third-order valence-electron chi connectivity index (χ3n) is 3.10. The number of carbonyl (C=O) groups excluding carboxylic acids is 2. The number of carbonyl (C=O) groups is 2. The van der Waals surface area contributed by atoms with Gasteiger partial charge in [0.05, 0.1) is 0 Å². The van der Waals surface area contributed by atoms with Gasteiger partial charge in [-0.2, -0.15) is 0 Å². The Morgan fingerprint density at radius 1 is 1.05 bits per heavy atom. The van der Waals surface area contributed by atoms with E-state index in [9.17, 15) is 14.7 Å². The Morgan fingerprint density at radius 2 is 1.67 bits per heavy atom. The molecule has 2 aromatic carbocycles. The lowest BCUT2D eigenvalue weighted by atomic mass is 10.0. The van der Waals surface area contributed by atoms with Crippen LogP contribution in [-0.4, -0.2) is 22.9 Å². The van der Waals surface area contributed by atoms with Gasteiger partial charge in [0.1, 0.15) is 6.10 Å². The standard InChI is InChI=1S/C17H17NO3/c1-12-7-9-14(10-8-12)18-17(21)16(20)11-15(19)13-5-3-2-4-6-13/h2-10,16,20H,11H2,1H3,(H,18,21)/t16-/m0/s1. The Bertz CT molecular complexity index is 620. The molecule has 2 N–H and O–H groups in total. The number of anilines is 1. The summed E-state index contributed by atoms with van der Waals surface area (Å²) in [5.41, 5.74) is 2.16. The molecule has 0 aliphatic rings. The predicted molar refractivity (Wildman–Crippen MR) is 81.2 cm³/mol. The summed E-state index contributed by atoms with van der Waals surface area (Å²) in [5.74, 6) is -0.842. The first-order chi connectivity index (χ1) is 10.1. The van der Waals surface area contributed by atoms with Crippen molar-refractivity contribution >= 4 is 17.4 Å². The van der Waals surface area contributed by atoms with E-state index < -0.39 is 12.0 Å². The number of benzene rings is 2. The quantitative estimate of drug-likeness (QED) is 0.829. The SMILES string of the molecule is Cc1ccc(NC(=O)[C@@H](O)CC(=O)c2ccccc2)cc1. The van der Waals surface area contributed by atoms with Crippen molar-refractivity contribution in [2.45, 2.75) is 19.4 Å². The Hall–Kier alpha value is -2.46. The number of amides is 1. The van der Waals surface area contributed by atoms with Crippen molar-refractivity contribution in [3.8, 4) is 0 Å². The van der Waals surface area contributed by atoms with Crippen molar-refractivity contribution < 1.29 is 14.7 Å². The molecule has 0 fully saturated rings. The third-order valence-corrected chi connectivity index (χ3v) is 3.10. The average molecular weight is 283 g/mol. The molecular formula is C17H17NO3. The van der Waals surface area contributed by atoms with Crippen molar-refractivity contribution in [1.29, 1.82) is 0 Å². The van der Waals surface area contributed by atoms with Gasteiger partial charge in [-0.1, -0.05) is 48.0 Å². The highest BCUT2D eigenvalue weighted by molar-refractivity contribution is 6.02. The second-order valence-corrected chi connectivity index (χ2v) is 4.86. The van der Waals surface area contributed by atoms with E-state index in [2.05, 4.69) is 5.32 Å². The summed E-state index contributed by atoms with van der Waals surface area (Å²) >= 11 is 0. The van der Waals surface area contributed by atoms with Crippen LogP contribution >= 0.6 is 0 Å². The largest absolute Gasteiger partial charge is 0.383 e. The van der Waals surface area contributed by atoms with Crippen LogP contribution in [0.15, 0.2) is 54.6 Å². The molecule has 0 heterocycles. The fourth-order valence-electron chi connectivity index (χ4n) is 1.87. The summed E-state index contributed by atoms with van der Waals surface area (Å²) in [6.45, 7) is 1.94. The van der Waals surface area contributed by atoms with E-state index in [1.807, 2.05) is 19.1 Å². The summed E-state index contributed by atoms with van der Waals surface area (Å²) < 4.78 is 0. The van der Waals surface area contributed by atoms with E-state index in [1.54, 1.807) is 42.5 Å². The summed E-state index contributed by atoms with van der Waals surface area (Å²) in [6, 6.07) is 15.8. The normalized spacial score (nSPS) is 11.7. The van der Waals surface area contributed by atoms with Gasteiger partial charge in [0.25, 0.3) is 5.91 Å². The van der Waals surface area contributed by atoms with Crippen LogP contribution in [0.5, 0.6) is 0 Å². The number of Topliss-reactive ketones (excluding diaryl/α,β-unsaturated/α-hetero) is 1. The Balaban J connectivity index is 1.93. The second-order valence-electron chi connectivity index (χ2n) is 4.86. The first-order valence-electron chi connectivity index (χ1n) is 6.70. The van der Waals surface area contributed by atoms with Crippen LogP contribution < -0.4 is 5.32 Å². The molecule has 0 saturated carbocycles. The molecule has 2 rings (SSSR count). The van der Waals surface area contributed by atoms with Gasteiger partial charge >= 0.3 is 0 Å². The maximum atomic E-state index is 11.9. The first kappa shape index (κ1) is 14.9. The summed E-state index contributed by atoms with van der Waals surface area (Å²) in [6.07, 6.45) is -1.60. The van der Waals surface area contributed by atoms with E-state index >= 15 is 0 Å². The van der Waals surface area contributed by atoms with E-state index in [1.165, 1.54) is 0 Å². The minimum Gasteiger partial charge on any atom is -0.383 e. The molecule has 0 aliphatic heterocycles. The van der Waals surface area contributed by atoms with Gasteiger partial charge in [-0.25, -0.2) is 0 Å². The summed E-state index contributed by atoms with van der Waals surface area (Å²) in [7, 11) is 0. The van der Waals surface area contributed by atoms with E-state index in [0.29, 0.717) is 11.3 Å². The monoisotopic (exact) mass is 283 g/mol. The zero-order chi connectivity index (χ0) is 15.2. The smallest absolute Gasteiger partial charge is 0.253 e. The van der Waals surface area contributed by atoms with E-state index in [-0.39, 0.29) is 12.2 Å². The molecule has 1 atom stereocenters. The molecule has 108 valence electrons. The molecule has 21 heavy (non-hydrogen) atoms. The van der Waals surface area contributed by atoms with Crippen LogP contribution in [0, 0.1) is 6.92 Å². The number of rotatable bonds is 5. The van der Waals surface area contributed by atoms with Crippen LogP contribution in [-0.2, 0) is 4.79 Å². The van der Waals surface area contributed by atoms with Gasteiger partial charge in [0, 0.05) is 17.7 Å². The highest BCUT2D eigenvalue weighted by Crippen LogP contribution is 2.11. The third kappa shape index (κ3) is 4.26. The number of aliphatic hydroxyl groups is 1. The number of hydrogen-bond donors (Lipinski definition) is 2. The van der Waals surface area contributed by atoms with E-state index in [0.717, 1.165) is 5.56 Å². The lowest BCUT2D eigenvalue weighted by Crippen LogP contribution is -2.29. The lowest BCUT2D eigenvalue weighted by molar-refractivity contribution is -0.123. The molecule has 1 amide bonds.